The van der Waals surface area contributed by atoms with Gasteiger partial charge in [-0.2, -0.15) is 0 Å². The fourth-order valence-corrected chi connectivity index (χ4v) is 1.77. The van der Waals surface area contributed by atoms with E-state index in [-0.39, 0.29) is 0 Å². The Labute approximate surface area is 110 Å². The van der Waals surface area contributed by atoms with E-state index in [4.69, 9.17) is 4.74 Å². The highest BCUT2D eigenvalue weighted by atomic mass is 16.5. The van der Waals surface area contributed by atoms with Crippen molar-refractivity contribution in [1.29, 1.82) is 0 Å². The first kappa shape index (κ1) is 15.1. The zero-order chi connectivity index (χ0) is 13.2. The largest absolute Gasteiger partial charge is 0.380 e. The predicted molar refractivity (Wildman–Crippen MR) is 74.4 cm³/mol. The van der Waals surface area contributed by atoms with Crippen LogP contribution >= 0.6 is 0 Å². The van der Waals surface area contributed by atoms with Crippen molar-refractivity contribution >= 4 is 0 Å². The zero-order valence-electron chi connectivity index (χ0n) is 11.8. The number of nitrogens with zero attached hydrogens (tertiary/aromatic N) is 2. The first-order valence-electron chi connectivity index (χ1n) is 6.68. The number of hydrogen-bond acceptors (Lipinski definition) is 4. The van der Waals surface area contributed by atoms with Gasteiger partial charge in [0.05, 0.1) is 12.3 Å². The average Bonchev–Trinajstić information content (AvgIpc) is 2.40. The molecule has 18 heavy (non-hydrogen) atoms. The number of likely N-dealkylation sites (N-methyl/N-ethyl adjacent to an activating group) is 1. The molecule has 0 aliphatic heterocycles. The fourth-order valence-electron chi connectivity index (χ4n) is 1.77. The van der Waals surface area contributed by atoms with E-state index in [2.05, 4.69) is 34.3 Å². The van der Waals surface area contributed by atoms with E-state index in [1.165, 1.54) is 5.56 Å². The Morgan fingerprint density at radius 3 is 2.72 bits per heavy atom. The molecule has 0 aromatic carbocycles. The van der Waals surface area contributed by atoms with Gasteiger partial charge in [0, 0.05) is 32.4 Å². The Kier molecular flexibility index (Phi) is 7.57. The Bertz CT molecular complexity index is 313. The monoisotopic (exact) mass is 251 g/mol. The molecule has 1 rings (SSSR count). The van der Waals surface area contributed by atoms with Crippen molar-refractivity contribution in [3.63, 3.8) is 0 Å². The minimum atomic E-state index is 0.786. The van der Waals surface area contributed by atoms with Gasteiger partial charge in [-0.1, -0.05) is 13.0 Å². The minimum Gasteiger partial charge on any atom is -0.380 e. The lowest BCUT2D eigenvalue weighted by molar-refractivity contribution is 0.112. The molecule has 0 fully saturated rings. The van der Waals surface area contributed by atoms with Crippen LogP contribution in [0.5, 0.6) is 0 Å². The van der Waals surface area contributed by atoms with Crippen LogP contribution in [-0.2, 0) is 17.8 Å². The van der Waals surface area contributed by atoms with Crippen LogP contribution < -0.4 is 5.32 Å². The summed E-state index contributed by atoms with van der Waals surface area (Å²) in [6, 6.07) is 4.24. The molecule has 0 saturated carbocycles. The number of hydrogen-bond donors (Lipinski definition) is 1. The quantitative estimate of drug-likeness (QED) is 0.677. The lowest BCUT2D eigenvalue weighted by atomic mass is 10.2. The van der Waals surface area contributed by atoms with Crippen LogP contribution in [0.15, 0.2) is 18.3 Å². The molecule has 0 unspecified atom stereocenters. The lowest BCUT2D eigenvalue weighted by Crippen LogP contribution is -2.27. The number of pyridine rings is 1. The van der Waals surface area contributed by atoms with Gasteiger partial charge >= 0.3 is 0 Å². The summed E-state index contributed by atoms with van der Waals surface area (Å²) in [6.45, 7) is 9.52. The molecule has 0 aliphatic carbocycles. The molecule has 0 radical (unpaired) electrons. The van der Waals surface area contributed by atoms with E-state index in [1.54, 1.807) is 0 Å². The molecule has 0 bridgehead atoms. The van der Waals surface area contributed by atoms with Crippen LogP contribution in [0.1, 0.15) is 25.1 Å². The smallest absolute Gasteiger partial charge is 0.0593 e. The molecule has 0 aliphatic rings. The van der Waals surface area contributed by atoms with Crippen LogP contribution in [0.2, 0.25) is 0 Å². The summed E-state index contributed by atoms with van der Waals surface area (Å²) < 4.78 is 5.38. The van der Waals surface area contributed by atoms with Crippen LogP contribution in [0.25, 0.3) is 0 Å². The Morgan fingerprint density at radius 1 is 1.33 bits per heavy atom. The Hall–Kier alpha value is -0.970. The summed E-state index contributed by atoms with van der Waals surface area (Å²) in [7, 11) is 1.94. The van der Waals surface area contributed by atoms with Gasteiger partial charge in [-0.05, 0) is 32.1 Å². The third-order valence-corrected chi connectivity index (χ3v) is 2.86. The fraction of sp³-hybridized carbons (Fsp3) is 0.643. The van der Waals surface area contributed by atoms with Crippen LogP contribution in [0, 0.1) is 0 Å². The molecule has 4 heteroatoms. The molecule has 1 aromatic heterocycles. The highest BCUT2D eigenvalue weighted by Crippen LogP contribution is 2.04. The van der Waals surface area contributed by atoms with E-state index >= 15 is 0 Å². The Morgan fingerprint density at radius 2 is 2.17 bits per heavy atom. The summed E-state index contributed by atoms with van der Waals surface area (Å²) in [4.78, 5) is 6.83. The number of rotatable bonds is 9. The van der Waals surface area contributed by atoms with Gasteiger partial charge in [-0.15, -0.1) is 0 Å². The normalized spacial score (nSPS) is 11.1. The van der Waals surface area contributed by atoms with Crippen molar-refractivity contribution in [2.45, 2.75) is 26.9 Å². The third kappa shape index (κ3) is 5.58. The summed E-state index contributed by atoms with van der Waals surface area (Å²) in [5.74, 6) is 0. The van der Waals surface area contributed by atoms with Crippen molar-refractivity contribution in [2.24, 2.45) is 0 Å². The first-order chi connectivity index (χ1) is 8.80. The highest BCUT2D eigenvalue weighted by Gasteiger charge is 2.04. The molecule has 102 valence electrons. The van der Waals surface area contributed by atoms with Crippen molar-refractivity contribution in [1.82, 2.24) is 15.2 Å². The standard InChI is InChI=1S/C14H25N3O/c1-4-17(8-9-18-5-2)12-14-7-6-13(10-15-3)11-16-14/h6-7,11,15H,4-5,8-10,12H2,1-3H3. The predicted octanol–water partition coefficient (Wildman–Crippen LogP) is 1.66. The molecule has 0 amide bonds. The van der Waals surface area contributed by atoms with Crippen molar-refractivity contribution in [2.75, 3.05) is 33.4 Å². The molecule has 0 atom stereocenters. The number of aromatic nitrogens is 1. The summed E-state index contributed by atoms with van der Waals surface area (Å²) in [6.07, 6.45) is 1.95. The number of ether oxygens (including phenoxy) is 1. The van der Waals surface area contributed by atoms with Crippen LogP contribution in [-0.4, -0.2) is 43.2 Å². The maximum Gasteiger partial charge on any atom is 0.0593 e. The highest BCUT2D eigenvalue weighted by molar-refractivity contribution is 5.13. The molecule has 0 spiro atoms. The van der Waals surface area contributed by atoms with E-state index < -0.39 is 0 Å². The molecule has 4 nitrogen and oxygen atoms in total. The van der Waals surface area contributed by atoms with Gasteiger partial charge in [0.1, 0.15) is 0 Å². The second-order valence-electron chi connectivity index (χ2n) is 4.25. The van der Waals surface area contributed by atoms with Gasteiger partial charge in [-0.3, -0.25) is 9.88 Å². The van der Waals surface area contributed by atoms with Crippen molar-refractivity contribution in [3.05, 3.63) is 29.6 Å². The lowest BCUT2D eigenvalue weighted by Gasteiger charge is -2.19. The SMILES string of the molecule is CCOCCN(CC)Cc1ccc(CNC)cn1. The van der Waals surface area contributed by atoms with E-state index in [9.17, 15) is 0 Å². The zero-order valence-corrected chi connectivity index (χ0v) is 11.8. The number of nitrogens with one attached hydrogen (secondary N) is 1. The summed E-state index contributed by atoms with van der Waals surface area (Å²) in [5.41, 5.74) is 2.34. The molecular weight excluding hydrogens is 226 g/mol. The van der Waals surface area contributed by atoms with Gasteiger partial charge in [0.25, 0.3) is 0 Å². The molecular formula is C14H25N3O. The van der Waals surface area contributed by atoms with Crippen LogP contribution in [0.3, 0.4) is 0 Å². The van der Waals surface area contributed by atoms with Gasteiger partial charge in [0.15, 0.2) is 0 Å². The molecule has 0 saturated heterocycles. The summed E-state index contributed by atoms with van der Waals surface area (Å²) >= 11 is 0. The van der Waals surface area contributed by atoms with Crippen molar-refractivity contribution < 1.29 is 4.74 Å². The second kappa shape index (κ2) is 9.03. The molecule has 1 aromatic rings. The first-order valence-corrected chi connectivity index (χ1v) is 6.68. The Balaban J connectivity index is 2.43. The topological polar surface area (TPSA) is 37.4 Å². The second-order valence-corrected chi connectivity index (χ2v) is 4.25. The van der Waals surface area contributed by atoms with Gasteiger partial charge in [-0.25, -0.2) is 0 Å². The van der Waals surface area contributed by atoms with E-state index in [1.807, 2.05) is 20.2 Å². The van der Waals surface area contributed by atoms with Crippen molar-refractivity contribution in [3.8, 4) is 0 Å². The third-order valence-electron chi connectivity index (χ3n) is 2.86. The maximum absolute atomic E-state index is 5.38. The molecule has 1 heterocycles. The van der Waals surface area contributed by atoms with Crippen LogP contribution in [0.4, 0.5) is 0 Å². The molecule has 1 N–H and O–H groups in total. The van der Waals surface area contributed by atoms with Gasteiger partial charge < -0.3 is 10.1 Å². The van der Waals surface area contributed by atoms with Gasteiger partial charge in [0.2, 0.25) is 0 Å². The average molecular weight is 251 g/mol. The summed E-state index contributed by atoms with van der Waals surface area (Å²) in [5, 5.41) is 3.12. The van der Waals surface area contributed by atoms with E-state index in [0.29, 0.717) is 0 Å². The van der Waals surface area contributed by atoms with E-state index in [0.717, 1.165) is 45.1 Å². The minimum absolute atomic E-state index is 0.786. The maximum atomic E-state index is 5.38.